The minimum Gasteiger partial charge on any atom is -0.504 e. The molecule has 1 amide bonds. The fraction of sp³-hybridized carbons (Fsp3) is 0.222. The zero-order valence-corrected chi connectivity index (χ0v) is 13.0. The van der Waals surface area contributed by atoms with Crippen molar-refractivity contribution in [2.75, 3.05) is 5.32 Å². The quantitative estimate of drug-likeness (QED) is 0.585. The van der Waals surface area contributed by atoms with E-state index < -0.39 is 0 Å². The van der Waals surface area contributed by atoms with Gasteiger partial charge in [-0.05, 0) is 43.2 Å². The summed E-state index contributed by atoms with van der Waals surface area (Å²) < 4.78 is 0. The number of aromatic hydroxyl groups is 2. The summed E-state index contributed by atoms with van der Waals surface area (Å²) in [5.74, 6) is -0.969. The highest BCUT2D eigenvalue weighted by atomic mass is 16.3. The van der Waals surface area contributed by atoms with Crippen molar-refractivity contribution in [1.29, 1.82) is 0 Å². The van der Waals surface area contributed by atoms with Crippen molar-refractivity contribution >= 4 is 17.4 Å². The van der Waals surface area contributed by atoms with Crippen LogP contribution in [0, 0.1) is 5.92 Å². The van der Waals surface area contributed by atoms with Crippen molar-refractivity contribution < 1.29 is 19.8 Å². The first-order chi connectivity index (χ1) is 10.9. The van der Waals surface area contributed by atoms with Crippen LogP contribution in [-0.4, -0.2) is 21.9 Å². The Hall–Kier alpha value is -2.82. The van der Waals surface area contributed by atoms with Crippen molar-refractivity contribution in [2.24, 2.45) is 5.92 Å². The number of anilines is 1. The fourth-order valence-corrected chi connectivity index (χ4v) is 2.22. The number of benzene rings is 2. The molecule has 0 fully saturated rings. The van der Waals surface area contributed by atoms with Crippen molar-refractivity contribution in [2.45, 2.75) is 20.3 Å². The summed E-state index contributed by atoms with van der Waals surface area (Å²) in [5.41, 5.74) is 1.86. The van der Waals surface area contributed by atoms with Crippen molar-refractivity contribution in [3.8, 4) is 11.5 Å². The highest BCUT2D eigenvalue weighted by molar-refractivity contribution is 5.97. The summed E-state index contributed by atoms with van der Waals surface area (Å²) >= 11 is 0. The molecule has 0 saturated heterocycles. The highest BCUT2D eigenvalue weighted by Crippen LogP contribution is 2.26. The van der Waals surface area contributed by atoms with Crippen LogP contribution < -0.4 is 5.32 Å². The molecule has 0 aromatic heterocycles. The molecule has 3 N–H and O–H groups in total. The average molecular weight is 313 g/mol. The first-order valence-corrected chi connectivity index (χ1v) is 7.29. The van der Waals surface area contributed by atoms with Gasteiger partial charge in [-0.15, -0.1) is 0 Å². The first-order valence-electron chi connectivity index (χ1n) is 7.29. The maximum Gasteiger partial charge on any atom is 0.227 e. The van der Waals surface area contributed by atoms with Gasteiger partial charge in [-0.1, -0.05) is 25.1 Å². The maximum atomic E-state index is 12.2. The summed E-state index contributed by atoms with van der Waals surface area (Å²) in [5, 5.41) is 21.6. The molecule has 0 heterocycles. The molecule has 0 aliphatic rings. The highest BCUT2D eigenvalue weighted by Gasteiger charge is 2.15. The second-order valence-electron chi connectivity index (χ2n) is 5.55. The van der Waals surface area contributed by atoms with E-state index in [1.807, 2.05) is 0 Å². The Kier molecular flexibility index (Phi) is 5.01. The van der Waals surface area contributed by atoms with Crippen LogP contribution in [0.5, 0.6) is 11.5 Å². The Labute approximate surface area is 134 Å². The molecule has 0 saturated carbocycles. The lowest BCUT2D eigenvalue weighted by molar-refractivity contribution is -0.119. The molecular formula is C18H19NO4. The van der Waals surface area contributed by atoms with Gasteiger partial charge in [-0.3, -0.25) is 9.59 Å². The van der Waals surface area contributed by atoms with E-state index >= 15 is 0 Å². The molecule has 2 aromatic rings. The predicted octanol–water partition coefficient (Wildman–Crippen LogP) is 3.12. The largest absolute Gasteiger partial charge is 0.504 e. The van der Waals surface area contributed by atoms with Gasteiger partial charge in [0.25, 0.3) is 0 Å². The molecule has 1 atom stereocenters. The van der Waals surface area contributed by atoms with E-state index in [2.05, 4.69) is 5.32 Å². The SMILES string of the molecule is CC(=O)c1cccc(NC(=O)C(C)Cc2ccc(O)c(O)c2)c1. The number of hydrogen-bond acceptors (Lipinski definition) is 4. The van der Waals surface area contributed by atoms with Crippen LogP contribution in [-0.2, 0) is 11.2 Å². The number of carbonyl (C=O) groups is 2. The van der Waals surface area contributed by atoms with Crippen LogP contribution >= 0.6 is 0 Å². The minimum atomic E-state index is -0.333. The van der Waals surface area contributed by atoms with Gasteiger partial charge >= 0.3 is 0 Å². The zero-order chi connectivity index (χ0) is 17.0. The number of hydrogen-bond donors (Lipinski definition) is 3. The minimum absolute atomic E-state index is 0.0614. The Morgan fingerprint density at radius 3 is 2.48 bits per heavy atom. The number of phenolic OH excluding ortho intramolecular Hbond substituents is 2. The molecule has 2 rings (SSSR count). The van der Waals surface area contributed by atoms with E-state index in [-0.39, 0.29) is 29.1 Å². The normalized spacial score (nSPS) is 11.7. The number of nitrogens with one attached hydrogen (secondary N) is 1. The van der Waals surface area contributed by atoms with Gasteiger partial charge in [-0.25, -0.2) is 0 Å². The van der Waals surface area contributed by atoms with Gasteiger partial charge in [-0.2, -0.15) is 0 Å². The summed E-state index contributed by atoms with van der Waals surface area (Å²) in [6.07, 6.45) is 0.423. The first kappa shape index (κ1) is 16.5. The summed E-state index contributed by atoms with van der Waals surface area (Å²) in [6.45, 7) is 3.24. The maximum absolute atomic E-state index is 12.2. The number of Topliss-reactive ketones (excluding diaryl/α,β-unsaturated/α-hetero) is 1. The molecule has 0 radical (unpaired) electrons. The Morgan fingerprint density at radius 2 is 1.83 bits per heavy atom. The van der Waals surface area contributed by atoms with Gasteiger partial charge in [0.2, 0.25) is 5.91 Å². The van der Waals surface area contributed by atoms with Crippen LogP contribution in [0.4, 0.5) is 5.69 Å². The molecule has 120 valence electrons. The molecule has 2 aromatic carbocycles. The van der Waals surface area contributed by atoms with Crippen molar-refractivity contribution in [3.05, 3.63) is 53.6 Å². The van der Waals surface area contributed by atoms with Crippen LogP contribution in [0.25, 0.3) is 0 Å². The van der Waals surface area contributed by atoms with E-state index in [9.17, 15) is 19.8 Å². The summed E-state index contributed by atoms with van der Waals surface area (Å²) in [7, 11) is 0. The monoisotopic (exact) mass is 313 g/mol. The Bertz CT molecular complexity index is 740. The van der Waals surface area contributed by atoms with Crippen molar-refractivity contribution in [3.63, 3.8) is 0 Å². The molecule has 0 bridgehead atoms. The number of phenols is 2. The molecule has 0 aliphatic heterocycles. The third-order valence-electron chi connectivity index (χ3n) is 3.57. The van der Waals surface area contributed by atoms with Crippen LogP contribution in [0.2, 0.25) is 0 Å². The van der Waals surface area contributed by atoms with E-state index in [1.165, 1.54) is 19.1 Å². The lowest BCUT2D eigenvalue weighted by Crippen LogP contribution is -2.22. The van der Waals surface area contributed by atoms with Gasteiger partial charge in [0.05, 0.1) is 0 Å². The summed E-state index contributed by atoms with van der Waals surface area (Å²) in [4.78, 5) is 23.6. The smallest absolute Gasteiger partial charge is 0.227 e. The third-order valence-corrected chi connectivity index (χ3v) is 3.57. The average Bonchev–Trinajstić information content (AvgIpc) is 2.51. The topological polar surface area (TPSA) is 86.6 Å². The fourth-order valence-electron chi connectivity index (χ4n) is 2.22. The Morgan fingerprint density at radius 1 is 1.09 bits per heavy atom. The van der Waals surface area contributed by atoms with E-state index in [0.29, 0.717) is 17.7 Å². The molecule has 5 heteroatoms. The molecular weight excluding hydrogens is 294 g/mol. The number of rotatable bonds is 5. The lowest BCUT2D eigenvalue weighted by Gasteiger charge is -2.13. The van der Waals surface area contributed by atoms with Gasteiger partial charge in [0, 0.05) is 17.2 Å². The molecule has 0 aliphatic carbocycles. The molecule has 23 heavy (non-hydrogen) atoms. The standard InChI is InChI=1S/C18H19NO4/c1-11(8-13-6-7-16(21)17(22)9-13)18(23)19-15-5-3-4-14(10-15)12(2)20/h3-7,9-11,21-22H,8H2,1-2H3,(H,19,23). The van der Waals surface area contributed by atoms with Gasteiger partial charge in [0.15, 0.2) is 17.3 Å². The number of ketones is 1. The summed E-state index contributed by atoms with van der Waals surface area (Å²) in [6, 6.07) is 11.3. The number of carbonyl (C=O) groups excluding carboxylic acids is 2. The molecule has 1 unspecified atom stereocenters. The number of amides is 1. The van der Waals surface area contributed by atoms with Crippen LogP contribution in [0.1, 0.15) is 29.8 Å². The predicted molar refractivity (Wildman–Crippen MR) is 87.7 cm³/mol. The molecule has 5 nitrogen and oxygen atoms in total. The third kappa shape index (κ3) is 4.32. The van der Waals surface area contributed by atoms with E-state index in [4.69, 9.17) is 0 Å². The zero-order valence-electron chi connectivity index (χ0n) is 13.0. The van der Waals surface area contributed by atoms with Gasteiger partial charge < -0.3 is 15.5 Å². The van der Waals surface area contributed by atoms with E-state index in [0.717, 1.165) is 5.56 Å². The second-order valence-corrected chi connectivity index (χ2v) is 5.55. The van der Waals surface area contributed by atoms with Crippen LogP contribution in [0.15, 0.2) is 42.5 Å². The van der Waals surface area contributed by atoms with Crippen molar-refractivity contribution in [1.82, 2.24) is 0 Å². The lowest BCUT2D eigenvalue weighted by atomic mass is 9.99. The van der Waals surface area contributed by atoms with E-state index in [1.54, 1.807) is 37.3 Å². The van der Waals surface area contributed by atoms with Crippen LogP contribution in [0.3, 0.4) is 0 Å². The molecule has 0 spiro atoms. The Balaban J connectivity index is 2.03. The second kappa shape index (κ2) is 6.96. The van der Waals surface area contributed by atoms with Gasteiger partial charge in [0.1, 0.15) is 0 Å².